The number of benzene rings is 1. The van der Waals surface area contributed by atoms with E-state index in [-0.39, 0.29) is 6.04 Å². The fraction of sp³-hybridized carbons (Fsp3) is 0.474. The number of aryl methyl sites for hydroxylation is 1. The minimum atomic E-state index is -0.490. The molecule has 24 heavy (non-hydrogen) atoms. The molecule has 0 spiro atoms. The average Bonchev–Trinajstić information content (AvgIpc) is 3.02. The topological polar surface area (TPSA) is 45.8 Å². The molecule has 3 rings (SSSR count). The molecule has 2 atom stereocenters. The Morgan fingerprint density at radius 3 is 2.88 bits per heavy atom. The number of aliphatic hydroxyl groups excluding tert-OH is 1. The van der Waals surface area contributed by atoms with Crippen LogP contribution in [0.4, 0.5) is 0 Å². The third-order valence-electron chi connectivity index (χ3n) is 4.20. The van der Waals surface area contributed by atoms with Gasteiger partial charge in [-0.15, -0.1) is 0 Å². The van der Waals surface area contributed by atoms with E-state index in [9.17, 15) is 5.11 Å². The van der Waals surface area contributed by atoms with Crippen LogP contribution in [0.15, 0.2) is 46.9 Å². The van der Waals surface area contributed by atoms with E-state index in [0.717, 1.165) is 35.1 Å². The second-order valence-corrected chi connectivity index (χ2v) is 7.34. The third-order valence-corrected chi connectivity index (χ3v) is 5.22. The second kappa shape index (κ2) is 8.72. The fourth-order valence-electron chi connectivity index (χ4n) is 2.96. The minimum absolute atomic E-state index is 0.237. The van der Waals surface area contributed by atoms with E-state index in [1.165, 1.54) is 0 Å². The zero-order valence-electron chi connectivity index (χ0n) is 14.1. The van der Waals surface area contributed by atoms with Crippen molar-refractivity contribution >= 4 is 11.8 Å². The first-order chi connectivity index (χ1) is 11.7. The predicted octanol–water partition coefficient (Wildman–Crippen LogP) is 3.26. The standard InChI is InChI=1S/C19H25NO3S/c1-15-7-8-19(23-15)18-14-24-10-9-20(18)11-17(21)13-22-12-16-5-3-2-4-6-16/h2-8,17-18,21H,9-14H2,1H3. The fourth-order valence-corrected chi connectivity index (χ4v) is 4.09. The van der Waals surface area contributed by atoms with Crippen LogP contribution in [0.5, 0.6) is 0 Å². The molecule has 0 bridgehead atoms. The number of thioether (sulfide) groups is 1. The quantitative estimate of drug-likeness (QED) is 0.833. The largest absolute Gasteiger partial charge is 0.465 e. The van der Waals surface area contributed by atoms with Crippen molar-refractivity contribution in [2.45, 2.75) is 25.7 Å². The maximum atomic E-state index is 10.3. The third kappa shape index (κ3) is 4.86. The van der Waals surface area contributed by atoms with Crippen LogP contribution >= 0.6 is 11.8 Å². The van der Waals surface area contributed by atoms with Gasteiger partial charge < -0.3 is 14.3 Å². The summed E-state index contributed by atoms with van der Waals surface area (Å²) in [5, 5.41) is 10.3. The van der Waals surface area contributed by atoms with Gasteiger partial charge in [0.2, 0.25) is 0 Å². The summed E-state index contributed by atoms with van der Waals surface area (Å²) in [6.45, 7) is 4.43. The summed E-state index contributed by atoms with van der Waals surface area (Å²) in [6, 6.07) is 14.3. The number of rotatable bonds is 7. The molecule has 0 amide bonds. The Morgan fingerprint density at radius 2 is 2.12 bits per heavy atom. The maximum absolute atomic E-state index is 10.3. The van der Waals surface area contributed by atoms with Crippen LogP contribution in [0.25, 0.3) is 0 Å². The van der Waals surface area contributed by atoms with Crippen LogP contribution in [0.2, 0.25) is 0 Å². The molecule has 0 aliphatic carbocycles. The van der Waals surface area contributed by atoms with Gasteiger partial charge in [0, 0.05) is 24.6 Å². The SMILES string of the molecule is Cc1ccc(C2CSCCN2CC(O)COCc2ccccc2)o1. The highest BCUT2D eigenvalue weighted by molar-refractivity contribution is 7.99. The highest BCUT2D eigenvalue weighted by Crippen LogP contribution is 2.30. The van der Waals surface area contributed by atoms with Gasteiger partial charge in [-0.05, 0) is 24.6 Å². The molecular formula is C19H25NO3S. The van der Waals surface area contributed by atoms with Gasteiger partial charge in [-0.2, -0.15) is 11.8 Å². The summed E-state index contributed by atoms with van der Waals surface area (Å²) in [5.74, 6) is 4.03. The number of nitrogens with zero attached hydrogens (tertiary/aromatic N) is 1. The van der Waals surface area contributed by atoms with Crippen molar-refractivity contribution in [2.24, 2.45) is 0 Å². The molecule has 1 aromatic heterocycles. The number of hydrogen-bond donors (Lipinski definition) is 1. The number of aliphatic hydroxyl groups is 1. The zero-order chi connectivity index (χ0) is 16.8. The molecule has 4 nitrogen and oxygen atoms in total. The molecule has 1 N–H and O–H groups in total. The summed E-state index contributed by atoms with van der Waals surface area (Å²) < 4.78 is 11.5. The van der Waals surface area contributed by atoms with Crippen molar-refractivity contribution in [3.8, 4) is 0 Å². The van der Waals surface area contributed by atoms with Gasteiger partial charge in [0.1, 0.15) is 11.5 Å². The smallest absolute Gasteiger partial charge is 0.122 e. The molecule has 130 valence electrons. The highest BCUT2D eigenvalue weighted by atomic mass is 32.2. The first kappa shape index (κ1) is 17.5. The lowest BCUT2D eigenvalue weighted by atomic mass is 10.2. The molecule has 2 heterocycles. The van der Waals surface area contributed by atoms with Gasteiger partial charge in [0.15, 0.2) is 0 Å². The predicted molar refractivity (Wildman–Crippen MR) is 97.2 cm³/mol. The van der Waals surface area contributed by atoms with E-state index < -0.39 is 6.10 Å². The molecular weight excluding hydrogens is 322 g/mol. The molecule has 1 aliphatic heterocycles. The van der Waals surface area contributed by atoms with Crippen molar-refractivity contribution in [1.82, 2.24) is 4.90 Å². The molecule has 0 saturated carbocycles. The summed E-state index contributed by atoms with van der Waals surface area (Å²) >= 11 is 1.94. The first-order valence-corrected chi connectivity index (χ1v) is 9.55. The lowest BCUT2D eigenvalue weighted by Gasteiger charge is -2.35. The van der Waals surface area contributed by atoms with E-state index in [1.807, 2.05) is 55.1 Å². The first-order valence-electron chi connectivity index (χ1n) is 8.40. The Labute approximate surface area is 147 Å². The lowest BCUT2D eigenvalue weighted by Crippen LogP contribution is -2.42. The molecule has 1 saturated heterocycles. The normalized spacial score (nSPS) is 20.2. The Balaban J connectivity index is 1.49. The maximum Gasteiger partial charge on any atom is 0.122 e. The number of ether oxygens (including phenoxy) is 1. The van der Waals surface area contributed by atoms with Crippen molar-refractivity contribution in [2.75, 3.05) is 31.2 Å². The summed E-state index contributed by atoms with van der Waals surface area (Å²) in [4.78, 5) is 2.31. The summed E-state index contributed by atoms with van der Waals surface area (Å²) in [7, 11) is 0. The highest BCUT2D eigenvalue weighted by Gasteiger charge is 2.28. The van der Waals surface area contributed by atoms with E-state index >= 15 is 0 Å². The van der Waals surface area contributed by atoms with Crippen molar-refractivity contribution in [1.29, 1.82) is 0 Å². The van der Waals surface area contributed by atoms with E-state index in [1.54, 1.807) is 0 Å². The molecule has 1 fully saturated rings. The molecule has 0 radical (unpaired) electrons. The Morgan fingerprint density at radius 1 is 1.29 bits per heavy atom. The van der Waals surface area contributed by atoms with Gasteiger partial charge in [0.25, 0.3) is 0 Å². The number of furan rings is 1. The summed E-state index contributed by atoms with van der Waals surface area (Å²) in [5.41, 5.74) is 1.13. The lowest BCUT2D eigenvalue weighted by molar-refractivity contribution is 0.00277. The Hall–Kier alpha value is -1.27. The second-order valence-electron chi connectivity index (χ2n) is 6.19. The van der Waals surface area contributed by atoms with E-state index in [4.69, 9.17) is 9.15 Å². The van der Waals surface area contributed by atoms with Gasteiger partial charge in [0.05, 0.1) is 25.4 Å². The van der Waals surface area contributed by atoms with Crippen molar-refractivity contribution < 1.29 is 14.3 Å². The van der Waals surface area contributed by atoms with Gasteiger partial charge in [-0.3, -0.25) is 4.90 Å². The van der Waals surface area contributed by atoms with Gasteiger partial charge >= 0.3 is 0 Å². The molecule has 1 aromatic carbocycles. The van der Waals surface area contributed by atoms with Crippen molar-refractivity contribution in [3.63, 3.8) is 0 Å². The van der Waals surface area contributed by atoms with Crippen molar-refractivity contribution in [3.05, 3.63) is 59.5 Å². The molecule has 2 unspecified atom stereocenters. The number of hydrogen-bond acceptors (Lipinski definition) is 5. The van der Waals surface area contributed by atoms with Gasteiger partial charge in [-0.1, -0.05) is 30.3 Å². The van der Waals surface area contributed by atoms with Crippen LogP contribution in [0, 0.1) is 6.92 Å². The zero-order valence-corrected chi connectivity index (χ0v) is 14.9. The Kier molecular flexibility index (Phi) is 6.37. The van der Waals surface area contributed by atoms with Gasteiger partial charge in [-0.25, -0.2) is 0 Å². The van der Waals surface area contributed by atoms with E-state index in [0.29, 0.717) is 19.8 Å². The minimum Gasteiger partial charge on any atom is -0.465 e. The van der Waals surface area contributed by atoms with Crippen LogP contribution < -0.4 is 0 Å². The van der Waals surface area contributed by atoms with Crippen LogP contribution in [0.3, 0.4) is 0 Å². The average molecular weight is 347 g/mol. The van der Waals surface area contributed by atoms with Crippen LogP contribution in [0.1, 0.15) is 23.1 Å². The molecule has 1 aliphatic rings. The Bertz CT molecular complexity index is 616. The molecule has 5 heteroatoms. The molecule has 2 aromatic rings. The summed E-state index contributed by atoms with van der Waals surface area (Å²) in [6.07, 6.45) is -0.490. The van der Waals surface area contributed by atoms with E-state index in [2.05, 4.69) is 11.0 Å². The number of β-amino-alcohol motifs (C(OH)–C–C–N with tert-alkyl or cyclic N) is 1. The van der Waals surface area contributed by atoms with Crippen LogP contribution in [-0.4, -0.2) is 47.3 Å². The monoisotopic (exact) mass is 347 g/mol. The van der Waals surface area contributed by atoms with Crippen LogP contribution in [-0.2, 0) is 11.3 Å².